The molecule has 2 saturated heterocycles. The van der Waals surface area contributed by atoms with Crippen molar-refractivity contribution in [3.63, 3.8) is 0 Å². The summed E-state index contributed by atoms with van der Waals surface area (Å²) in [5.41, 5.74) is 2.41. The van der Waals surface area contributed by atoms with E-state index in [4.69, 9.17) is 0 Å². The highest BCUT2D eigenvalue weighted by molar-refractivity contribution is 6.13. The molecule has 1 aromatic rings. The molecule has 3 rings (SSSR count). The van der Waals surface area contributed by atoms with E-state index in [0.29, 0.717) is 12.2 Å². The summed E-state index contributed by atoms with van der Waals surface area (Å²) in [6.07, 6.45) is 2.55. The smallest absolute Gasteiger partial charge is 0.329 e. The molecule has 2 aliphatic heterocycles. The van der Waals surface area contributed by atoms with Crippen LogP contribution in [0.5, 0.6) is 0 Å². The lowest BCUT2D eigenvalue weighted by Gasteiger charge is -2.27. The van der Waals surface area contributed by atoms with Gasteiger partial charge in [-0.1, -0.05) is 12.1 Å². The Bertz CT molecular complexity index is 712. The molecule has 8 heteroatoms. The number of carbonyl (C=O) groups is 2. The third-order valence-electron chi connectivity index (χ3n) is 5.36. The van der Waals surface area contributed by atoms with Gasteiger partial charge < -0.3 is 20.4 Å². The van der Waals surface area contributed by atoms with Crippen molar-refractivity contribution in [1.82, 2.24) is 20.4 Å². The molecule has 0 spiro atoms. The fraction of sp³-hybridized carbons (Fsp3) is 0.524. The highest BCUT2D eigenvalue weighted by atomic mass is 35.5. The van der Waals surface area contributed by atoms with Gasteiger partial charge in [-0.15, -0.1) is 12.4 Å². The SMILES string of the molecule is CCN(CC)c1ccc(/C=C2\NC(=O)N(CCCN3CCNCC3)C2=O)cc1.Cl. The van der Waals surface area contributed by atoms with Crippen LogP contribution in [-0.2, 0) is 4.79 Å². The topological polar surface area (TPSA) is 67.9 Å². The fourth-order valence-electron chi connectivity index (χ4n) is 3.70. The molecule has 1 aromatic carbocycles. The first-order valence-electron chi connectivity index (χ1n) is 10.2. The molecule has 0 bridgehead atoms. The average Bonchev–Trinajstić information content (AvgIpc) is 2.98. The van der Waals surface area contributed by atoms with Gasteiger partial charge in [0.1, 0.15) is 5.70 Å². The summed E-state index contributed by atoms with van der Waals surface area (Å²) in [4.78, 5) is 30.8. The number of carbonyl (C=O) groups excluding carboxylic acids is 2. The summed E-state index contributed by atoms with van der Waals surface area (Å²) in [6, 6.07) is 7.73. The second kappa shape index (κ2) is 11.2. The maximum absolute atomic E-state index is 12.6. The molecule has 0 aromatic heterocycles. The molecule has 160 valence electrons. The van der Waals surface area contributed by atoms with Gasteiger partial charge in [-0.2, -0.15) is 0 Å². The number of imide groups is 1. The van der Waals surface area contributed by atoms with Crippen molar-refractivity contribution in [1.29, 1.82) is 0 Å². The summed E-state index contributed by atoms with van der Waals surface area (Å²) >= 11 is 0. The quantitative estimate of drug-likeness (QED) is 0.497. The standard InChI is InChI=1S/C21H31N5O2.ClH/c1-3-25(4-2)18-8-6-17(7-9-18)16-19-20(27)26(21(28)23-19)13-5-12-24-14-10-22-11-15-24;/h6-9,16,22H,3-5,10-15H2,1-2H3,(H,23,28);1H/b19-16-;. The lowest BCUT2D eigenvalue weighted by atomic mass is 10.1. The van der Waals surface area contributed by atoms with Crippen LogP contribution in [-0.4, -0.2) is 74.1 Å². The summed E-state index contributed by atoms with van der Waals surface area (Å²) in [6.45, 7) is 11.6. The highest BCUT2D eigenvalue weighted by Crippen LogP contribution is 2.18. The molecule has 2 fully saturated rings. The Kier molecular flexibility index (Phi) is 8.95. The van der Waals surface area contributed by atoms with E-state index in [1.165, 1.54) is 4.90 Å². The van der Waals surface area contributed by atoms with Gasteiger partial charge >= 0.3 is 6.03 Å². The molecule has 0 aliphatic carbocycles. The third kappa shape index (κ3) is 5.95. The van der Waals surface area contributed by atoms with E-state index in [-0.39, 0.29) is 24.3 Å². The van der Waals surface area contributed by atoms with Gasteiger partial charge in [-0.05, 0) is 50.6 Å². The van der Waals surface area contributed by atoms with Crippen LogP contribution in [0.1, 0.15) is 25.8 Å². The first kappa shape index (κ1) is 23.2. The van der Waals surface area contributed by atoms with Crippen LogP contribution in [0, 0.1) is 0 Å². The molecule has 7 nitrogen and oxygen atoms in total. The van der Waals surface area contributed by atoms with E-state index >= 15 is 0 Å². The minimum Gasteiger partial charge on any atom is -0.372 e. The molecular weight excluding hydrogens is 390 g/mol. The number of halogens is 1. The van der Waals surface area contributed by atoms with Crippen LogP contribution >= 0.6 is 12.4 Å². The van der Waals surface area contributed by atoms with E-state index in [9.17, 15) is 9.59 Å². The first-order chi connectivity index (χ1) is 13.6. The number of rotatable bonds is 8. The molecular formula is C21H32ClN5O2. The van der Waals surface area contributed by atoms with Crippen molar-refractivity contribution in [3.8, 4) is 0 Å². The summed E-state index contributed by atoms with van der Waals surface area (Å²) in [5.74, 6) is -0.238. The third-order valence-corrected chi connectivity index (χ3v) is 5.36. The van der Waals surface area contributed by atoms with E-state index in [0.717, 1.165) is 63.5 Å². The maximum Gasteiger partial charge on any atom is 0.329 e. The van der Waals surface area contributed by atoms with Gasteiger partial charge in [-0.3, -0.25) is 9.69 Å². The Morgan fingerprint density at radius 2 is 1.69 bits per heavy atom. The van der Waals surface area contributed by atoms with Crippen LogP contribution in [0.25, 0.3) is 6.08 Å². The molecule has 0 radical (unpaired) electrons. The number of anilines is 1. The minimum atomic E-state index is -0.323. The van der Waals surface area contributed by atoms with Gasteiger partial charge in [0.05, 0.1) is 0 Å². The van der Waals surface area contributed by atoms with Crippen molar-refractivity contribution < 1.29 is 9.59 Å². The van der Waals surface area contributed by atoms with Crippen molar-refractivity contribution in [3.05, 3.63) is 35.5 Å². The molecule has 2 N–H and O–H groups in total. The average molecular weight is 422 g/mol. The Morgan fingerprint density at radius 3 is 2.31 bits per heavy atom. The second-order valence-electron chi connectivity index (χ2n) is 7.15. The van der Waals surface area contributed by atoms with Gasteiger partial charge in [0.2, 0.25) is 0 Å². The molecule has 3 amide bonds. The fourth-order valence-corrected chi connectivity index (χ4v) is 3.70. The largest absolute Gasteiger partial charge is 0.372 e. The van der Waals surface area contributed by atoms with Crippen molar-refractivity contribution in [2.45, 2.75) is 20.3 Å². The van der Waals surface area contributed by atoms with Gasteiger partial charge in [0, 0.05) is 51.5 Å². The van der Waals surface area contributed by atoms with E-state index in [1.54, 1.807) is 6.08 Å². The van der Waals surface area contributed by atoms with Gasteiger partial charge in [-0.25, -0.2) is 4.79 Å². The lowest BCUT2D eigenvalue weighted by Crippen LogP contribution is -2.44. The van der Waals surface area contributed by atoms with Crippen LogP contribution in [0.3, 0.4) is 0 Å². The van der Waals surface area contributed by atoms with Crippen molar-refractivity contribution >= 4 is 36.1 Å². The molecule has 29 heavy (non-hydrogen) atoms. The Balaban J connectivity index is 0.00000300. The van der Waals surface area contributed by atoms with Gasteiger partial charge in [0.25, 0.3) is 5.91 Å². The summed E-state index contributed by atoms with van der Waals surface area (Å²) < 4.78 is 0. The minimum absolute atomic E-state index is 0. The van der Waals surface area contributed by atoms with Crippen molar-refractivity contribution in [2.24, 2.45) is 0 Å². The van der Waals surface area contributed by atoms with Crippen LogP contribution in [0.15, 0.2) is 30.0 Å². The predicted octanol–water partition coefficient (Wildman–Crippen LogP) is 2.14. The number of benzene rings is 1. The molecule has 2 aliphatic rings. The normalized spacial score (nSPS) is 18.7. The molecule has 0 unspecified atom stereocenters. The number of urea groups is 1. The zero-order valence-electron chi connectivity index (χ0n) is 17.3. The lowest BCUT2D eigenvalue weighted by molar-refractivity contribution is -0.122. The van der Waals surface area contributed by atoms with E-state index in [1.807, 2.05) is 24.3 Å². The van der Waals surface area contributed by atoms with Crippen LogP contribution < -0.4 is 15.5 Å². The maximum atomic E-state index is 12.6. The van der Waals surface area contributed by atoms with Gasteiger partial charge in [0.15, 0.2) is 0 Å². The Labute approximate surface area is 179 Å². The van der Waals surface area contributed by atoms with Crippen LogP contribution in [0.2, 0.25) is 0 Å². The monoisotopic (exact) mass is 421 g/mol. The molecule has 0 atom stereocenters. The molecule has 0 saturated carbocycles. The molecule has 2 heterocycles. The van der Waals surface area contributed by atoms with Crippen molar-refractivity contribution in [2.75, 3.05) is 57.3 Å². The summed E-state index contributed by atoms with van der Waals surface area (Å²) in [7, 11) is 0. The summed E-state index contributed by atoms with van der Waals surface area (Å²) in [5, 5.41) is 6.04. The number of piperazine rings is 1. The first-order valence-corrected chi connectivity index (χ1v) is 10.2. The van der Waals surface area contributed by atoms with E-state index in [2.05, 4.69) is 34.3 Å². The highest BCUT2D eigenvalue weighted by Gasteiger charge is 2.33. The number of nitrogens with one attached hydrogen (secondary N) is 2. The number of amides is 3. The Morgan fingerprint density at radius 1 is 1.03 bits per heavy atom. The second-order valence-corrected chi connectivity index (χ2v) is 7.15. The zero-order valence-corrected chi connectivity index (χ0v) is 18.1. The predicted molar refractivity (Wildman–Crippen MR) is 119 cm³/mol. The van der Waals surface area contributed by atoms with E-state index < -0.39 is 0 Å². The Hall–Kier alpha value is -2.09. The number of nitrogens with zero attached hydrogens (tertiary/aromatic N) is 3. The number of hydrogen-bond acceptors (Lipinski definition) is 5. The number of hydrogen-bond donors (Lipinski definition) is 2. The van der Waals surface area contributed by atoms with Crippen LogP contribution in [0.4, 0.5) is 10.5 Å². The zero-order chi connectivity index (χ0) is 19.9.